The molecule has 2 heterocycles. The molecule has 5 heteroatoms. The van der Waals surface area contributed by atoms with Crippen LogP contribution in [0.3, 0.4) is 0 Å². The molecule has 2 rings (SSSR count). The van der Waals surface area contributed by atoms with Gasteiger partial charge in [-0.15, -0.1) is 0 Å². The van der Waals surface area contributed by atoms with E-state index in [1.807, 2.05) is 18.0 Å². The largest absolute Gasteiger partial charge is 0.390 e. The number of hydrogen-bond acceptors (Lipinski definition) is 5. The van der Waals surface area contributed by atoms with Gasteiger partial charge in [0.15, 0.2) is 0 Å². The minimum Gasteiger partial charge on any atom is -0.390 e. The van der Waals surface area contributed by atoms with Crippen LogP contribution in [0.15, 0.2) is 6.20 Å². The van der Waals surface area contributed by atoms with Gasteiger partial charge in [-0.05, 0) is 6.42 Å². The molecule has 0 spiro atoms. The molecule has 0 saturated carbocycles. The summed E-state index contributed by atoms with van der Waals surface area (Å²) in [6.07, 6.45) is 3.07. The Labute approximate surface area is 119 Å². The first-order valence-corrected chi connectivity index (χ1v) is 8.03. The Kier molecular flexibility index (Phi) is 5.05. The Bertz CT molecular complexity index is 425. The molecule has 1 fully saturated rings. The second kappa shape index (κ2) is 6.57. The van der Waals surface area contributed by atoms with E-state index < -0.39 is 0 Å². The lowest BCUT2D eigenvalue weighted by atomic mass is 10.2. The highest BCUT2D eigenvalue weighted by Gasteiger charge is 2.22. The van der Waals surface area contributed by atoms with Gasteiger partial charge in [0.25, 0.3) is 0 Å². The Morgan fingerprint density at radius 1 is 1.53 bits per heavy atom. The molecule has 1 aromatic rings. The van der Waals surface area contributed by atoms with Gasteiger partial charge in [-0.1, -0.05) is 20.8 Å². The van der Waals surface area contributed by atoms with E-state index in [4.69, 9.17) is 0 Å². The van der Waals surface area contributed by atoms with E-state index in [1.54, 1.807) is 0 Å². The molecule has 0 amide bonds. The first-order valence-electron chi connectivity index (χ1n) is 6.98. The maximum atomic E-state index is 9.56. The van der Waals surface area contributed by atoms with Gasteiger partial charge in [0.1, 0.15) is 5.82 Å². The molecule has 1 atom stereocenters. The van der Waals surface area contributed by atoms with Crippen molar-refractivity contribution in [2.24, 2.45) is 0 Å². The molecule has 1 saturated heterocycles. The third kappa shape index (κ3) is 3.39. The maximum Gasteiger partial charge on any atom is 0.131 e. The fraction of sp³-hybridized carbons (Fsp3) is 0.714. The Morgan fingerprint density at radius 2 is 2.32 bits per heavy atom. The van der Waals surface area contributed by atoms with Crippen molar-refractivity contribution in [1.82, 2.24) is 9.97 Å². The topological polar surface area (TPSA) is 49.2 Å². The van der Waals surface area contributed by atoms with Crippen LogP contribution in [0.2, 0.25) is 0 Å². The molecule has 1 unspecified atom stereocenters. The van der Waals surface area contributed by atoms with E-state index in [2.05, 4.69) is 35.6 Å². The standard InChI is InChI=1S/C14H23N3OS/c1-4-11-8-17(5-6-19-11)13-7-15-14(10(2)3)16-12(13)9-18/h7,10-11,18H,4-6,8-9H2,1-3H3. The molecule has 0 aromatic carbocycles. The molecule has 4 nitrogen and oxygen atoms in total. The summed E-state index contributed by atoms with van der Waals surface area (Å²) in [4.78, 5) is 11.3. The van der Waals surface area contributed by atoms with Gasteiger partial charge in [0.2, 0.25) is 0 Å². The quantitative estimate of drug-likeness (QED) is 0.918. The van der Waals surface area contributed by atoms with Crippen LogP contribution in [0.25, 0.3) is 0 Å². The zero-order chi connectivity index (χ0) is 13.8. The Balaban J connectivity index is 2.23. The first kappa shape index (κ1) is 14.6. The zero-order valence-corrected chi connectivity index (χ0v) is 12.8. The average molecular weight is 281 g/mol. The zero-order valence-electron chi connectivity index (χ0n) is 12.0. The van der Waals surface area contributed by atoms with Gasteiger partial charge in [-0.2, -0.15) is 11.8 Å². The fourth-order valence-electron chi connectivity index (χ4n) is 2.27. The van der Waals surface area contributed by atoms with Gasteiger partial charge in [0.05, 0.1) is 24.2 Å². The smallest absolute Gasteiger partial charge is 0.131 e. The average Bonchev–Trinajstić information content (AvgIpc) is 2.46. The minimum absolute atomic E-state index is 0.0159. The van der Waals surface area contributed by atoms with Crippen molar-refractivity contribution in [3.63, 3.8) is 0 Å². The van der Waals surface area contributed by atoms with Gasteiger partial charge >= 0.3 is 0 Å². The number of thioether (sulfide) groups is 1. The molecule has 0 aliphatic carbocycles. The van der Waals surface area contributed by atoms with Gasteiger partial charge in [0, 0.05) is 30.0 Å². The summed E-state index contributed by atoms with van der Waals surface area (Å²) in [6, 6.07) is 0. The minimum atomic E-state index is -0.0159. The van der Waals surface area contributed by atoms with Crippen molar-refractivity contribution >= 4 is 17.4 Å². The molecule has 1 aliphatic heterocycles. The summed E-state index contributed by atoms with van der Waals surface area (Å²) in [6.45, 7) is 8.39. The van der Waals surface area contributed by atoms with Crippen molar-refractivity contribution in [3.05, 3.63) is 17.7 Å². The number of rotatable bonds is 4. The van der Waals surface area contributed by atoms with Crippen LogP contribution >= 0.6 is 11.8 Å². The number of aliphatic hydroxyl groups excluding tert-OH is 1. The highest BCUT2D eigenvalue weighted by Crippen LogP contribution is 2.27. The summed E-state index contributed by atoms with van der Waals surface area (Å²) in [5.41, 5.74) is 1.77. The molecule has 0 bridgehead atoms. The van der Waals surface area contributed by atoms with Crippen LogP contribution in [0, 0.1) is 0 Å². The van der Waals surface area contributed by atoms with Crippen LogP contribution in [0.5, 0.6) is 0 Å². The highest BCUT2D eigenvalue weighted by atomic mass is 32.2. The number of nitrogens with zero attached hydrogens (tertiary/aromatic N) is 3. The van der Waals surface area contributed by atoms with Crippen molar-refractivity contribution in [1.29, 1.82) is 0 Å². The van der Waals surface area contributed by atoms with Gasteiger partial charge in [-0.25, -0.2) is 9.97 Å². The number of aromatic nitrogens is 2. The van der Waals surface area contributed by atoms with Crippen molar-refractivity contribution in [2.45, 2.75) is 45.0 Å². The fourth-order valence-corrected chi connectivity index (χ4v) is 3.45. The van der Waals surface area contributed by atoms with Crippen LogP contribution in [-0.2, 0) is 6.61 Å². The summed E-state index contributed by atoms with van der Waals surface area (Å²) in [5.74, 6) is 2.24. The molecule has 1 aromatic heterocycles. The van der Waals surface area contributed by atoms with E-state index >= 15 is 0 Å². The van der Waals surface area contributed by atoms with Gasteiger partial charge < -0.3 is 10.0 Å². The predicted octanol–water partition coefficient (Wildman–Crippen LogP) is 2.42. The second-order valence-electron chi connectivity index (χ2n) is 5.22. The first-order chi connectivity index (χ1) is 9.15. The lowest BCUT2D eigenvalue weighted by Crippen LogP contribution is -2.38. The normalized spacial score (nSPS) is 20.1. The summed E-state index contributed by atoms with van der Waals surface area (Å²) >= 11 is 2.04. The van der Waals surface area contributed by atoms with Crippen LogP contribution in [-0.4, -0.2) is 39.2 Å². The Morgan fingerprint density at radius 3 is 2.95 bits per heavy atom. The maximum absolute atomic E-state index is 9.56. The third-order valence-corrected chi connectivity index (χ3v) is 4.84. The van der Waals surface area contributed by atoms with E-state index in [9.17, 15) is 5.11 Å². The highest BCUT2D eigenvalue weighted by molar-refractivity contribution is 8.00. The predicted molar refractivity (Wildman–Crippen MR) is 80.8 cm³/mol. The monoisotopic (exact) mass is 281 g/mol. The summed E-state index contributed by atoms with van der Waals surface area (Å²) < 4.78 is 0. The SMILES string of the molecule is CCC1CN(c2cnc(C(C)C)nc2CO)CCS1. The molecule has 19 heavy (non-hydrogen) atoms. The molecular weight excluding hydrogens is 258 g/mol. The summed E-state index contributed by atoms with van der Waals surface area (Å²) in [5, 5.41) is 10.2. The van der Waals surface area contributed by atoms with Crippen LogP contribution in [0.4, 0.5) is 5.69 Å². The van der Waals surface area contributed by atoms with E-state index in [0.717, 1.165) is 36.0 Å². The molecular formula is C14H23N3OS. The second-order valence-corrected chi connectivity index (χ2v) is 6.63. The van der Waals surface area contributed by atoms with E-state index in [0.29, 0.717) is 11.2 Å². The van der Waals surface area contributed by atoms with Crippen molar-refractivity contribution in [3.8, 4) is 0 Å². The molecule has 0 radical (unpaired) electrons. The number of aliphatic hydroxyl groups is 1. The van der Waals surface area contributed by atoms with E-state index in [-0.39, 0.29) is 6.61 Å². The lowest BCUT2D eigenvalue weighted by Gasteiger charge is -2.34. The third-order valence-electron chi connectivity index (χ3n) is 3.47. The van der Waals surface area contributed by atoms with Crippen LogP contribution in [0.1, 0.15) is 44.6 Å². The van der Waals surface area contributed by atoms with E-state index in [1.165, 1.54) is 6.42 Å². The van der Waals surface area contributed by atoms with Crippen molar-refractivity contribution in [2.75, 3.05) is 23.7 Å². The molecule has 106 valence electrons. The Hall–Kier alpha value is -0.810. The lowest BCUT2D eigenvalue weighted by molar-refractivity contribution is 0.276. The number of hydrogen-bond donors (Lipinski definition) is 1. The van der Waals surface area contributed by atoms with Gasteiger partial charge in [-0.3, -0.25) is 0 Å². The number of anilines is 1. The van der Waals surface area contributed by atoms with Crippen LogP contribution < -0.4 is 4.90 Å². The summed E-state index contributed by atoms with van der Waals surface area (Å²) in [7, 11) is 0. The molecule has 1 aliphatic rings. The van der Waals surface area contributed by atoms with Crippen molar-refractivity contribution < 1.29 is 5.11 Å². The molecule has 1 N–H and O–H groups in total.